The first-order valence-corrected chi connectivity index (χ1v) is 9.17. The molecule has 4 rings (SSSR count). The van der Waals surface area contributed by atoms with Gasteiger partial charge in [-0.2, -0.15) is 0 Å². The lowest BCUT2D eigenvalue weighted by molar-refractivity contribution is 0.295. The predicted octanol–water partition coefficient (Wildman–Crippen LogP) is 5.11. The lowest BCUT2D eigenvalue weighted by Crippen LogP contribution is -2.09. The molecule has 0 saturated carbocycles. The van der Waals surface area contributed by atoms with E-state index in [9.17, 15) is 4.39 Å². The summed E-state index contributed by atoms with van der Waals surface area (Å²) in [5.41, 5.74) is 8.87. The molecule has 138 valence electrons. The summed E-state index contributed by atoms with van der Waals surface area (Å²) in [6, 6.07) is 17.5. The third-order valence-electron chi connectivity index (χ3n) is 5.23. The standard InChI is InChI=1S/C23H23FN2O/c1-15(12-25)19-13-26(2)21-11-10-20(24)23(22(19)21)27-14-17-8-5-7-16-6-3-4-9-18(16)17/h3-11,13,15H,12,14,25H2,1-2H3. The molecule has 1 heterocycles. The highest BCUT2D eigenvalue weighted by Crippen LogP contribution is 2.37. The second-order valence-electron chi connectivity index (χ2n) is 7.03. The summed E-state index contributed by atoms with van der Waals surface area (Å²) in [7, 11) is 1.96. The van der Waals surface area contributed by atoms with Crippen molar-refractivity contribution >= 4 is 21.7 Å². The van der Waals surface area contributed by atoms with Crippen LogP contribution < -0.4 is 10.5 Å². The van der Waals surface area contributed by atoms with Crippen molar-refractivity contribution in [2.24, 2.45) is 12.8 Å². The molecule has 0 radical (unpaired) electrons. The van der Waals surface area contributed by atoms with E-state index < -0.39 is 0 Å². The van der Waals surface area contributed by atoms with Crippen molar-refractivity contribution in [3.8, 4) is 5.75 Å². The van der Waals surface area contributed by atoms with Crippen LogP contribution in [0, 0.1) is 5.82 Å². The van der Waals surface area contributed by atoms with E-state index in [0.717, 1.165) is 32.8 Å². The van der Waals surface area contributed by atoms with Crippen LogP contribution in [0.2, 0.25) is 0 Å². The van der Waals surface area contributed by atoms with Crippen LogP contribution in [0.15, 0.2) is 60.8 Å². The van der Waals surface area contributed by atoms with E-state index >= 15 is 0 Å². The molecule has 0 bridgehead atoms. The Labute approximate surface area is 158 Å². The van der Waals surface area contributed by atoms with Crippen molar-refractivity contribution in [2.75, 3.05) is 6.54 Å². The molecule has 4 heteroatoms. The van der Waals surface area contributed by atoms with Gasteiger partial charge in [-0.15, -0.1) is 0 Å². The fourth-order valence-corrected chi connectivity index (χ4v) is 3.67. The largest absolute Gasteiger partial charge is 0.485 e. The van der Waals surface area contributed by atoms with Gasteiger partial charge in [0, 0.05) is 18.6 Å². The van der Waals surface area contributed by atoms with E-state index in [2.05, 4.69) is 18.2 Å². The smallest absolute Gasteiger partial charge is 0.165 e. The minimum Gasteiger partial charge on any atom is -0.485 e. The average Bonchev–Trinajstić information content (AvgIpc) is 3.03. The van der Waals surface area contributed by atoms with Gasteiger partial charge in [0.1, 0.15) is 6.61 Å². The highest BCUT2D eigenvalue weighted by atomic mass is 19.1. The van der Waals surface area contributed by atoms with Crippen LogP contribution in [-0.2, 0) is 13.7 Å². The number of rotatable bonds is 5. The van der Waals surface area contributed by atoms with E-state index in [1.54, 1.807) is 6.07 Å². The zero-order valence-corrected chi connectivity index (χ0v) is 15.6. The van der Waals surface area contributed by atoms with Crippen molar-refractivity contribution in [3.05, 3.63) is 77.7 Å². The molecule has 0 spiro atoms. The number of hydrogen-bond acceptors (Lipinski definition) is 2. The van der Waals surface area contributed by atoms with Crippen LogP contribution in [-0.4, -0.2) is 11.1 Å². The third-order valence-corrected chi connectivity index (χ3v) is 5.23. The maximum Gasteiger partial charge on any atom is 0.165 e. The second-order valence-corrected chi connectivity index (χ2v) is 7.03. The van der Waals surface area contributed by atoms with Crippen molar-refractivity contribution in [1.82, 2.24) is 4.57 Å². The molecule has 3 aromatic carbocycles. The number of benzene rings is 3. The highest BCUT2D eigenvalue weighted by molar-refractivity contribution is 5.91. The van der Waals surface area contributed by atoms with E-state index in [1.165, 1.54) is 6.07 Å². The number of ether oxygens (including phenoxy) is 1. The number of hydrogen-bond donors (Lipinski definition) is 1. The molecule has 1 aromatic heterocycles. The van der Waals surface area contributed by atoms with Gasteiger partial charge < -0.3 is 15.0 Å². The topological polar surface area (TPSA) is 40.2 Å². The molecule has 3 nitrogen and oxygen atoms in total. The van der Waals surface area contributed by atoms with Crippen LogP contribution in [0.1, 0.15) is 24.0 Å². The van der Waals surface area contributed by atoms with Crippen LogP contribution in [0.3, 0.4) is 0 Å². The molecule has 0 amide bonds. The number of aryl methyl sites for hydroxylation is 1. The van der Waals surface area contributed by atoms with Gasteiger partial charge in [0.2, 0.25) is 0 Å². The summed E-state index contributed by atoms with van der Waals surface area (Å²) in [6.45, 7) is 2.86. The number of nitrogens with zero attached hydrogens (tertiary/aromatic N) is 1. The molecule has 1 unspecified atom stereocenters. The second kappa shape index (κ2) is 7.05. The highest BCUT2D eigenvalue weighted by Gasteiger charge is 2.19. The quantitative estimate of drug-likeness (QED) is 0.536. The molecule has 0 aliphatic heterocycles. The van der Waals surface area contributed by atoms with Crippen LogP contribution in [0.25, 0.3) is 21.7 Å². The third kappa shape index (κ3) is 3.06. The lowest BCUT2D eigenvalue weighted by atomic mass is 10.00. The van der Waals surface area contributed by atoms with Crippen LogP contribution >= 0.6 is 0 Å². The van der Waals surface area contributed by atoms with Gasteiger partial charge in [0.15, 0.2) is 11.6 Å². The van der Waals surface area contributed by atoms with E-state index in [4.69, 9.17) is 10.5 Å². The summed E-state index contributed by atoms with van der Waals surface area (Å²) in [5.74, 6) is 0.0751. The Morgan fingerprint density at radius 2 is 1.85 bits per heavy atom. The Morgan fingerprint density at radius 3 is 2.67 bits per heavy atom. The zero-order chi connectivity index (χ0) is 19.0. The summed E-state index contributed by atoms with van der Waals surface area (Å²) in [4.78, 5) is 0. The Bertz CT molecular complexity index is 1110. The normalized spacial score (nSPS) is 12.6. The van der Waals surface area contributed by atoms with Gasteiger partial charge in [-0.1, -0.05) is 49.4 Å². The van der Waals surface area contributed by atoms with Crippen molar-refractivity contribution in [2.45, 2.75) is 19.4 Å². The summed E-state index contributed by atoms with van der Waals surface area (Å²) >= 11 is 0. The fourth-order valence-electron chi connectivity index (χ4n) is 3.67. The van der Waals surface area contributed by atoms with Gasteiger partial charge >= 0.3 is 0 Å². The SMILES string of the molecule is CC(CN)c1cn(C)c2ccc(F)c(OCc3cccc4ccccc34)c12. The Kier molecular flexibility index (Phi) is 4.58. The molecule has 0 aliphatic carbocycles. The molecular formula is C23H23FN2O. The van der Waals surface area contributed by atoms with Crippen molar-refractivity contribution in [1.29, 1.82) is 0 Å². The molecule has 27 heavy (non-hydrogen) atoms. The molecular weight excluding hydrogens is 339 g/mol. The van der Waals surface area contributed by atoms with E-state index in [0.29, 0.717) is 18.9 Å². The Morgan fingerprint density at radius 1 is 1.07 bits per heavy atom. The van der Waals surface area contributed by atoms with E-state index in [-0.39, 0.29) is 11.7 Å². The monoisotopic (exact) mass is 362 g/mol. The number of halogens is 1. The zero-order valence-electron chi connectivity index (χ0n) is 15.6. The maximum atomic E-state index is 14.7. The molecule has 2 N–H and O–H groups in total. The van der Waals surface area contributed by atoms with Crippen LogP contribution in [0.5, 0.6) is 5.75 Å². The first kappa shape index (κ1) is 17.6. The predicted molar refractivity (Wildman–Crippen MR) is 109 cm³/mol. The summed E-state index contributed by atoms with van der Waals surface area (Å²) in [5, 5.41) is 3.08. The summed E-state index contributed by atoms with van der Waals surface area (Å²) < 4.78 is 22.8. The number of aromatic nitrogens is 1. The first-order chi connectivity index (χ1) is 13.1. The Hall–Kier alpha value is -2.85. The maximum absolute atomic E-state index is 14.7. The minimum atomic E-state index is -0.348. The molecule has 1 atom stereocenters. The van der Waals surface area contributed by atoms with Gasteiger partial charge in [0.05, 0.1) is 5.52 Å². The van der Waals surface area contributed by atoms with Crippen molar-refractivity contribution in [3.63, 3.8) is 0 Å². The Balaban J connectivity index is 1.78. The summed E-state index contributed by atoms with van der Waals surface area (Å²) in [6.07, 6.45) is 2.02. The number of fused-ring (bicyclic) bond motifs is 2. The molecule has 4 aromatic rings. The lowest BCUT2D eigenvalue weighted by Gasteiger charge is -2.14. The minimum absolute atomic E-state index is 0.121. The van der Waals surface area contributed by atoms with E-state index in [1.807, 2.05) is 49.0 Å². The average molecular weight is 362 g/mol. The molecule has 0 fully saturated rings. The van der Waals surface area contributed by atoms with Gasteiger partial charge in [-0.25, -0.2) is 4.39 Å². The van der Waals surface area contributed by atoms with Crippen LogP contribution in [0.4, 0.5) is 4.39 Å². The van der Waals surface area contributed by atoms with Crippen molar-refractivity contribution < 1.29 is 9.13 Å². The first-order valence-electron chi connectivity index (χ1n) is 9.17. The van der Waals surface area contributed by atoms with Gasteiger partial charge in [-0.3, -0.25) is 0 Å². The van der Waals surface area contributed by atoms with Gasteiger partial charge in [-0.05, 0) is 46.5 Å². The fraction of sp³-hybridized carbons (Fsp3) is 0.217. The molecule has 0 aliphatic rings. The molecule has 0 saturated heterocycles. The number of nitrogens with two attached hydrogens (primary N) is 1. The van der Waals surface area contributed by atoms with Gasteiger partial charge in [0.25, 0.3) is 0 Å².